The van der Waals surface area contributed by atoms with Crippen molar-refractivity contribution in [1.82, 2.24) is 4.90 Å². The molecule has 5 N–H and O–H groups in total. The molecule has 0 aliphatic carbocycles. The van der Waals surface area contributed by atoms with Crippen molar-refractivity contribution in [2.45, 2.75) is 135 Å². The van der Waals surface area contributed by atoms with Gasteiger partial charge in [0.2, 0.25) is 0 Å². The number of ether oxygens (including phenoxy) is 3. The van der Waals surface area contributed by atoms with Crippen molar-refractivity contribution >= 4 is 17.5 Å². The zero-order chi connectivity index (χ0) is 31.7. The molecular formula is C31H53N3O8. The van der Waals surface area contributed by atoms with Crippen LogP contribution in [0.25, 0.3) is 0 Å². The third-order valence-electron chi connectivity index (χ3n) is 9.22. The molecule has 11 nitrogen and oxygen atoms in total. The lowest BCUT2D eigenvalue weighted by atomic mass is 9.75. The van der Waals surface area contributed by atoms with Crippen LogP contribution in [0.15, 0.2) is 16.6 Å². The molecule has 0 unspecified atom stereocenters. The highest BCUT2D eigenvalue weighted by molar-refractivity contribution is 6.10. The van der Waals surface area contributed by atoms with Crippen molar-refractivity contribution in [2.24, 2.45) is 22.7 Å². The molecule has 0 aromatic heterocycles. The fourth-order valence-electron chi connectivity index (χ4n) is 6.78. The Morgan fingerprint density at radius 1 is 1.12 bits per heavy atom. The highest BCUT2D eigenvalue weighted by Crippen LogP contribution is 2.38. The van der Waals surface area contributed by atoms with Gasteiger partial charge < -0.3 is 39.5 Å². The van der Waals surface area contributed by atoms with Crippen LogP contribution in [0.5, 0.6) is 0 Å². The van der Waals surface area contributed by atoms with Crippen LogP contribution in [0.1, 0.15) is 80.6 Å². The molecule has 0 radical (unpaired) electrons. The Labute approximate surface area is 250 Å². The normalized spacial score (nSPS) is 44.5. The van der Waals surface area contributed by atoms with E-state index in [2.05, 4.69) is 4.99 Å². The Kier molecular flexibility index (Phi) is 11.2. The minimum atomic E-state index is -1.59. The van der Waals surface area contributed by atoms with Crippen LogP contribution in [-0.4, -0.2) is 111 Å². The van der Waals surface area contributed by atoms with Crippen LogP contribution in [0.2, 0.25) is 0 Å². The zero-order valence-electron chi connectivity index (χ0n) is 26.7. The van der Waals surface area contributed by atoms with Crippen molar-refractivity contribution < 1.29 is 39.4 Å². The minimum absolute atomic E-state index is 0.131. The summed E-state index contributed by atoms with van der Waals surface area (Å²) in [5.74, 6) is -2.64. The molecule has 0 aromatic rings. The zero-order valence-corrected chi connectivity index (χ0v) is 26.7. The fourth-order valence-corrected chi connectivity index (χ4v) is 6.78. The van der Waals surface area contributed by atoms with Crippen LogP contribution >= 0.6 is 0 Å². The second-order valence-electron chi connectivity index (χ2n) is 13.4. The molecule has 0 bridgehead atoms. The molecule has 12 atom stereocenters. The number of nitrogens with one attached hydrogen (secondary N) is 1. The summed E-state index contributed by atoms with van der Waals surface area (Å²) in [4.78, 5) is 19.7. The van der Waals surface area contributed by atoms with Crippen LogP contribution in [0, 0.1) is 23.2 Å². The van der Waals surface area contributed by atoms with Gasteiger partial charge in [-0.2, -0.15) is 0 Å². The standard InChI is InChI=1S/C31H53N3O8/c1-10-22-30(6,38)15-20-11-12-23(32)33-24(20)16(2)14-31(7,39)27(18(4)25(35)19(5)28(37)41-22)42-29-26(36)21(34(8)9)13-17(3)40-29/h15-19,21-22,25-27,29,32,35-36,38-39H,10-14H2,1-9H3/t16-,17-,18+,19-,21+,22-,25+,26-,27-,29+,30+,31+/m1/s1. The SMILES string of the molecule is CC[C@H]1OC(=O)[C@H](C)[C@@H](O)[C@H](C)[C@@H](O[C@@H]2O[C@H](C)C[C@H](N(C)C)[C@H]2O)[C@@](C)(O)C[C@@H](C)C2=NC(=N)CCC2=C[C@]1(C)O. The van der Waals surface area contributed by atoms with Crippen LogP contribution in [-0.2, 0) is 19.0 Å². The molecule has 0 spiro atoms. The third kappa shape index (κ3) is 7.67. The first-order chi connectivity index (χ1) is 19.4. The molecule has 3 aliphatic heterocycles. The first-order valence-electron chi connectivity index (χ1n) is 15.3. The number of allylic oxidation sites excluding steroid dienone is 1. The number of amidine groups is 1. The molecule has 1 fully saturated rings. The Morgan fingerprint density at radius 2 is 1.76 bits per heavy atom. The summed E-state index contributed by atoms with van der Waals surface area (Å²) in [6.07, 6.45) is -1.97. The minimum Gasteiger partial charge on any atom is -0.459 e. The highest BCUT2D eigenvalue weighted by Gasteiger charge is 2.49. The third-order valence-corrected chi connectivity index (χ3v) is 9.22. The number of carbonyl (C=O) groups excluding carboxylic acids is 1. The van der Waals surface area contributed by atoms with E-state index in [1.54, 1.807) is 33.8 Å². The number of nitrogens with zero attached hydrogens (tertiary/aromatic N) is 2. The fraction of sp³-hybridized carbons (Fsp3) is 0.839. The van der Waals surface area contributed by atoms with Gasteiger partial charge >= 0.3 is 5.97 Å². The van der Waals surface area contributed by atoms with E-state index in [1.165, 1.54) is 0 Å². The summed E-state index contributed by atoms with van der Waals surface area (Å²) in [7, 11) is 3.74. The summed E-state index contributed by atoms with van der Waals surface area (Å²) in [6, 6.07) is -0.246. The number of hydrogen-bond donors (Lipinski definition) is 5. The molecule has 240 valence electrons. The monoisotopic (exact) mass is 595 g/mol. The van der Waals surface area contributed by atoms with E-state index in [0.29, 0.717) is 31.4 Å². The van der Waals surface area contributed by atoms with E-state index in [0.717, 1.165) is 5.57 Å². The van der Waals surface area contributed by atoms with Gasteiger partial charge in [0.05, 0.1) is 29.8 Å². The lowest BCUT2D eigenvalue weighted by Gasteiger charge is -2.46. The molecule has 42 heavy (non-hydrogen) atoms. The quantitative estimate of drug-likeness (QED) is 0.307. The predicted molar refractivity (Wildman–Crippen MR) is 159 cm³/mol. The van der Waals surface area contributed by atoms with Gasteiger partial charge in [0.1, 0.15) is 23.6 Å². The van der Waals surface area contributed by atoms with Gasteiger partial charge in [-0.05, 0) is 79.1 Å². The summed E-state index contributed by atoms with van der Waals surface area (Å²) >= 11 is 0. The number of aliphatic hydroxyl groups is 4. The topological polar surface area (TPSA) is 165 Å². The number of cyclic esters (lactones) is 1. The lowest BCUT2D eigenvalue weighted by molar-refractivity contribution is -0.298. The lowest BCUT2D eigenvalue weighted by Crippen LogP contribution is -2.59. The van der Waals surface area contributed by atoms with Gasteiger partial charge in [-0.15, -0.1) is 0 Å². The second kappa shape index (κ2) is 13.5. The van der Waals surface area contributed by atoms with Gasteiger partial charge in [-0.1, -0.05) is 20.8 Å². The van der Waals surface area contributed by atoms with Crippen molar-refractivity contribution in [2.75, 3.05) is 14.1 Å². The number of aliphatic imine (C=N–C) groups is 1. The second-order valence-corrected chi connectivity index (χ2v) is 13.4. The molecular weight excluding hydrogens is 542 g/mol. The van der Waals surface area contributed by atoms with Crippen molar-refractivity contribution in [3.63, 3.8) is 0 Å². The van der Waals surface area contributed by atoms with E-state index in [1.807, 2.05) is 39.8 Å². The smallest absolute Gasteiger partial charge is 0.311 e. The largest absolute Gasteiger partial charge is 0.459 e. The molecule has 0 saturated carbocycles. The van der Waals surface area contributed by atoms with Crippen molar-refractivity contribution in [3.05, 3.63) is 11.6 Å². The van der Waals surface area contributed by atoms with Crippen LogP contribution in [0.3, 0.4) is 0 Å². The van der Waals surface area contributed by atoms with Crippen LogP contribution < -0.4 is 0 Å². The van der Waals surface area contributed by atoms with Gasteiger partial charge in [0.25, 0.3) is 0 Å². The number of esters is 1. The molecule has 0 amide bonds. The maximum atomic E-state index is 13.3. The Balaban J connectivity index is 2.10. The van der Waals surface area contributed by atoms with E-state index in [-0.39, 0.29) is 30.3 Å². The summed E-state index contributed by atoms with van der Waals surface area (Å²) < 4.78 is 18.2. The summed E-state index contributed by atoms with van der Waals surface area (Å²) in [5.41, 5.74) is -1.81. The average Bonchev–Trinajstić information content (AvgIpc) is 2.90. The number of fused-ring (bicyclic) bond motifs is 1. The van der Waals surface area contributed by atoms with E-state index >= 15 is 0 Å². The van der Waals surface area contributed by atoms with Gasteiger partial charge in [0, 0.05) is 30.0 Å². The Morgan fingerprint density at radius 3 is 2.36 bits per heavy atom. The van der Waals surface area contributed by atoms with Crippen LogP contribution in [0.4, 0.5) is 0 Å². The maximum Gasteiger partial charge on any atom is 0.311 e. The molecule has 3 rings (SSSR count). The number of likely N-dealkylation sites (N-methyl/N-ethyl adjacent to an activating group) is 1. The molecule has 0 aromatic carbocycles. The average molecular weight is 596 g/mol. The molecule has 1 saturated heterocycles. The number of hydrogen-bond acceptors (Lipinski definition) is 10. The number of aliphatic hydroxyl groups excluding tert-OH is 2. The molecule has 3 aliphatic rings. The Hall–Kier alpha value is -1.73. The molecule has 11 heteroatoms. The van der Waals surface area contributed by atoms with E-state index in [4.69, 9.17) is 19.6 Å². The summed E-state index contributed by atoms with van der Waals surface area (Å²) in [5, 5.41) is 54.4. The summed E-state index contributed by atoms with van der Waals surface area (Å²) in [6.45, 7) is 12.0. The highest BCUT2D eigenvalue weighted by atomic mass is 16.7. The van der Waals surface area contributed by atoms with Crippen molar-refractivity contribution in [1.29, 1.82) is 5.41 Å². The van der Waals surface area contributed by atoms with Gasteiger partial charge in [-0.25, -0.2) is 4.99 Å². The first-order valence-corrected chi connectivity index (χ1v) is 15.3. The van der Waals surface area contributed by atoms with Gasteiger partial charge in [-0.3, -0.25) is 10.2 Å². The van der Waals surface area contributed by atoms with Gasteiger partial charge in [0.15, 0.2) is 6.29 Å². The number of carbonyl (C=O) groups is 1. The number of rotatable bonds is 4. The molecule has 3 heterocycles. The van der Waals surface area contributed by atoms with E-state index < -0.39 is 59.7 Å². The maximum absolute atomic E-state index is 13.3. The predicted octanol–water partition coefficient (Wildman–Crippen LogP) is 2.43. The van der Waals surface area contributed by atoms with Crippen molar-refractivity contribution in [3.8, 4) is 0 Å². The van der Waals surface area contributed by atoms with E-state index in [9.17, 15) is 25.2 Å². The first kappa shape index (κ1) is 34.8. The Bertz CT molecular complexity index is 1040.